The monoisotopic (exact) mass is 386 g/mol. The first-order valence-corrected chi connectivity index (χ1v) is 9.88. The van der Waals surface area contributed by atoms with Crippen LogP contribution < -0.4 is 5.32 Å². The van der Waals surface area contributed by atoms with E-state index in [0.717, 1.165) is 15.3 Å². The van der Waals surface area contributed by atoms with Gasteiger partial charge in [0.25, 0.3) is 0 Å². The number of anilines is 1. The van der Waals surface area contributed by atoms with Crippen LogP contribution in [0.25, 0.3) is 11.3 Å². The maximum Gasteiger partial charge on any atom is 0.311 e. The van der Waals surface area contributed by atoms with Gasteiger partial charge in [0.1, 0.15) is 0 Å². The molecular formula is C19H18N2O3S2. The predicted molar refractivity (Wildman–Crippen MR) is 105 cm³/mol. The normalized spacial score (nSPS) is 10.5. The molecule has 2 aromatic heterocycles. The van der Waals surface area contributed by atoms with Crippen LogP contribution in [0.5, 0.6) is 0 Å². The summed E-state index contributed by atoms with van der Waals surface area (Å²) in [6.07, 6.45) is 0.446. The maximum atomic E-state index is 12.2. The van der Waals surface area contributed by atoms with E-state index in [-0.39, 0.29) is 18.3 Å². The Hall–Kier alpha value is -2.51. The van der Waals surface area contributed by atoms with E-state index < -0.39 is 0 Å². The van der Waals surface area contributed by atoms with Gasteiger partial charge in [0.05, 0.1) is 25.1 Å². The lowest BCUT2D eigenvalue weighted by molar-refractivity contribution is -0.142. The van der Waals surface area contributed by atoms with Crippen molar-refractivity contribution in [1.82, 2.24) is 4.98 Å². The molecule has 2 heterocycles. The Bertz CT molecular complexity index is 874. The maximum absolute atomic E-state index is 12.2. The number of esters is 1. The van der Waals surface area contributed by atoms with Crippen LogP contribution in [0.3, 0.4) is 0 Å². The zero-order valence-electron chi connectivity index (χ0n) is 14.2. The molecule has 0 saturated heterocycles. The van der Waals surface area contributed by atoms with E-state index >= 15 is 0 Å². The number of carbonyl (C=O) groups is 2. The molecule has 0 aliphatic carbocycles. The van der Waals surface area contributed by atoms with Crippen LogP contribution in [0.1, 0.15) is 16.7 Å². The Labute approximate surface area is 159 Å². The molecule has 1 amide bonds. The van der Waals surface area contributed by atoms with Crippen molar-refractivity contribution in [2.75, 3.05) is 11.9 Å². The van der Waals surface area contributed by atoms with E-state index in [9.17, 15) is 9.59 Å². The minimum atomic E-state index is -0.301. The minimum absolute atomic E-state index is 0.122. The zero-order chi connectivity index (χ0) is 18.4. The Morgan fingerprint density at radius 1 is 1.12 bits per heavy atom. The fourth-order valence-corrected chi connectivity index (χ4v) is 4.11. The van der Waals surface area contributed by atoms with Crippen LogP contribution in [0.4, 0.5) is 5.13 Å². The molecule has 0 unspecified atom stereocenters. The number of rotatable bonds is 7. The summed E-state index contributed by atoms with van der Waals surface area (Å²) >= 11 is 2.85. The largest absolute Gasteiger partial charge is 0.466 e. The molecule has 0 aliphatic heterocycles. The molecule has 0 saturated carbocycles. The smallest absolute Gasteiger partial charge is 0.311 e. The summed E-state index contributed by atoms with van der Waals surface area (Å²) in [6, 6.07) is 13.5. The quantitative estimate of drug-likeness (QED) is 0.619. The molecule has 0 spiro atoms. The molecule has 0 atom stereocenters. The van der Waals surface area contributed by atoms with Crippen molar-refractivity contribution in [1.29, 1.82) is 0 Å². The van der Waals surface area contributed by atoms with Crippen molar-refractivity contribution in [3.63, 3.8) is 0 Å². The lowest BCUT2D eigenvalue weighted by Gasteiger charge is -2.02. The van der Waals surface area contributed by atoms with Crippen molar-refractivity contribution in [3.05, 3.63) is 57.6 Å². The van der Waals surface area contributed by atoms with E-state index in [0.29, 0.717) is 23.9 Å². The van der Waals surface area contributed by atoms with Crippen LogP contribution >= 0.6 is 22.7 Å². The Morgan fingerprint density at radius 2 is 1.92 bits per heavy atom. The number of hydrogen-bond donors (Lipinski definition) is 1. The van der Waals surface area contributed by atoms with Crippen molar-refractivity contribution >= 4 is 39.7 Å². The highest BCUT2D eigenvalue weighted by Gasteiger charge is 2.18. The molecule has 3 rings (SSSR count). The zero-order valence-corrected chi connectivity index (χ0v) is 15.9. The second kappa shape index (κ2) is 8.73. The topological polar surface area (TPSA) is 68.3 Å². The van der Waals surface area contributed by atoms with Crippen molar-refractivity contribution in [2.24, 2.45) is 0 Å². The van der Waals surface area contributed by atoms with E-state index in [1.165, 1.54) is 11.3 Å². The van der Waals surface area contributed by atoms with Gasteiger partial charge in [-0.3, -0.25) is 9.59 Å². The number of thiophene rings is 1. The van der Waals surface area contributed by atoms with Gasteiger partial charge in [0.15, 0.2) is 5.13 Å². The molecule has 134 valence electrons. The molecular weight excluding hydrogens is 368 g/mol. The summed E-state index contributed by atoms with van der Waals surface area (Å²) in [4.78, 5) is 30.5. The second-order valence-electron chi connectivity index (χ2n) is 5.44. The van der Waals surface area contributed by atoms with E-state index in [2.05, 4.69) is 10.3 Å². The van der Waals surface area contributed by atoms with Gasteiger partial charge in [0.2, 0.25) is 5.91 Å². The molecule has 7 heteroatoms. The number of nitrogens with one attached hydrogen (secondary N) is 1. The lowest BCUT2D eigenvalue weighted by Crippen LogP contribution is -2.13. The lowest BCUT2D eigenvalue weighted by atomic mass is 10.1. The van der Waals surface area contributed by atoms with Gasteiger partial charge in [-0.05, 0) is 18.4 Å². The van der Waals surface area contributed by atoms with Crippen LogP contribution in [0.15, 0.2) is 47.8 Å². The first kappa shape index (κ1) is 18.3. The van der Waals surface area contributed by atoms with Gasteiger partial charge in [-0.2, -0.15) is 0 Å². The van der Waals surface area contributed by atoms with E-state index in [1.807, 2.05) is 47.8 Å². The van der Waals surface area contributed by atoms with Gasteiger partial charge in [-0.25, -0.2) is 4.98 Å². The molecule has 1 aromatic carbocycles. The third-order valence-corrected chi connectivity index (χ3v) is 5.36. The average molecular weight is 386 g/mol. The standard InChI is InChI=1S/C19H18N2O3S2/c1-2-24-17(23)12-15-18(13-7-4-3-5-8-13)21-19(26-15)20-16(22)11-14-9-6-10-25-14/h3-10H,2,11-12H2,1H3,(H,20,21,22). The predicted octanol–water partition coefficient (Wildman–Crippen LogP) is 4.16. The SMILES string of the molecule is CCOC(=O)Cc1sc(NC(=O)Cc2cccs2)nc1-c1ccccc1. The highest BCUT2D eigenvalue weighted by atomic mass is 32.1. The van der Waals surface area contributed by atoms with E-state index in [1.54, 1.807) is 18.3 Å². The number of carbonyl (C=O) groups excluding carboxylic acids is 2. The number of benzene rings is 1. The molecule has 0 bridgehead atoms. The number of thiazole rings is 1. The molecule has 0 fully saturated rings. The highest BCUT2D eigenvalue weighted by molar-refractivity contribution is 7.16. The molecule has 5 nitrogen and oxygen atoms in total. The van der Waals surface area contributed by atoms with Gasteiger partial charge < -0.3 is 10.1 Å². The molecule has 0 radical (unpaired) electrons. The number of ether oxygens (including phenoxy) is 1. The van der Waals surface area contributed by atoms with Gasteiger partial charge in [-0.1, -0.05) is 36.4 Å². The average Bonchev–Trinajstić information content (AvgIpc) is 3.26. The first-order chi connectivity index (χ1) is 12.7. The molecule has 26 heavy (non-hydrogen) atoms. The number of amides is 1. The van der Waals surface area contributed by atoms with Gasteiger partial charge in [0, 0.05) is 15.3 Å². The Kier molecular flexibility index (Phi) is 6.14. The molecule has 0 aliphatic rings. The van der Waals surface area contributed by atoms with Crippen LogP contribution in [-0.4, -0.2) is 23.5 Å². The summed E-state index contributed by atoms with van der Waals surface area (Å²) in [5, 5.41) is 5.27. The Morgan fingerprint density at radius 3 is 2.62 bits per heavy atom. The molecule has 3 aromatic rings. The number of nitrogens with zero attached hydrogens (tertiary/aromatic N) is 1. The summed E-state index contributed by atoms with van der Waals surface area (Å²) < 4.78 is 5.05. The van der Waals surface area contributed by atoms with Gasteiger partial charge >= 0.3 is 5.97 Å². The van der Waals surface area contributed by atoms with Crippen LogP contribution in [0, 0.1) is 0 Å². The fourth-order valence-electron chi connectivity index (χ4n) is 2.42. The summed E-state index contributed by atoms with van der Waals surface area (Å²) in [5.41, 5.74) is 1.61. The van der Waals surface area contributed by atoms with Crippen molar-refractivity contribution < 1.29 is 14.3 Å². The second-order valence-corrected chi connectivity index (χ2v) is 7.56. The van der Waals surface area contributed by atoms with Gasteiger partial charge in [-0.15, -0.1) is 22.7 Å². The van der Waals surface area contributed by atoms with Crippen LogP contribution in [0.2, 0.25) is 0 Å². The first-order valence-electron chi connectivity index (χ1n) is 8.18. The minimum Gasteiger partial charge on any atom is -0.466 e. The highest BCUT2D eigenvalue weighted by Crippen LogP contribution is 2.32. The van der Waals surface area contributed by atoms with Crippen LogP contribution in [-0.2, 0) is 27.2 Å². The third-order valence-electron chi connectivity index (χ3n) is 3.52. The van der Waals surface area contributed by atoms with E-state index in [4.69, 9.17) is 4.74 Å². The third kappa shape index (κ3) is 4.77. The van der Waals surface area contributed by atoms with Crippen molar-refractivity contribution in [2.45, 2.75) is 19.8 Å². The summed E-state index contributed by atoms with van der Waals surface area (Å²) in [7, 11) is 0. The number of hydrogen-bond acceptors (Lipinski definition) is 6. The number of aromatic nitrogens is 1. The van der Waals surface area contributed by atoms with Crippen molar-refractivity contribution in [3.8, 4) is 11.3 Å². The fraction of sp³-hybridized carbons (Fsp3) is 0.211. The Balaban J connectivity index is 1.81. The summed E-state index contributed by atoms with van der Waals surface area (Å²) in [6.45, 7) is 2.11. The summed E-state index contributed by atoms with van der Waals surface area (Å²) in [5.74, 6) is -0.423. The molecule has 1 N–H and O–H groups in total.